The zero-order chi connectivity index (χ0) is 13.0. The van der Waals surface area contributed by atoms with E-state index in [0.717, 1.165) is 25.6 Å². The van der Waals surface area contributed by atoms with Gasteiger partial charge in [-0.15, -0.1) is 0 Å². The predicted octanol–water partition coefficient (Wildman–Crippen LogP) is 2.00. The summed E-state index contributed by atoms with van der Waals surface area (Å²) in [6, 6.07) is 0.804. The lowest BCUT2D eigenvalue weighted by Crippen LogP contribution is -2.58. The van der Waals surface area contributed by atoms with Gasteiger partial charge in [-0.25, -0.2) is 0 Å². The van der Waals surface area contributed by atoms with Crippen LogP contribution in [0.3, 0.4) is 0 Å². The Balaban J connectivity index is 1.97. The lowest BCUT2D eigenvalue weighted by Gasteiger charge is -2.38. The van der Waals surface area contributed by atoms with E-state index in [1.54, 1.807) is 0 Å². The lowest BCUT2D eigenvalue weighted by molar-refractivity contribution is 0.0869. The van der Waals surface area contributed by atoms with Gasteiger partial charge in [0.25, 0.3) is 0 Å². The summed E-state index contributed by atoms with van der Waals surface area (Å²) in [5.74, 6) is 0.701. The van der Waals surface area contributed by atoms with Crippen molar-refractivity contribution in [3.05, 3.63) is 0 Å². The van der Waals surface area contributed by atoms with E-state index in [2.05, 4.69) is 24.1 Å². The van der Waals surface area contributed by atoms with Crippen molar-refractivity contribution in [2.45, 2.75) is 64.0 Å². The Labute approximate surface area is 112 Å². The van der Waals surface area contributed by atoms with Crippen molar-refractivity contribution in [2.75, 3.05) is 26.2 Å². The molecule has 2 aliphatic rings. The molecule has 0 aromatic rings. The highest BCUT2D eigenvalue weighted by atomic mass is 16.3. The summed E-state index contributed by atoms with van der Waals surface area (Å²) in [5, 5.41) is 13.6. The normalized spacial score (nSPS) is 23.3. The Kier molecular flexibility index (Phi) is 5.05. The van der Waals surface area contributed by atoms with E-state index in [1.807, 2.05) is 0 Å². The SMILES string of the molecule is CCCNC(CO)(CN(CCC)C1CC1)C1CC1. The van der Waals surface area contributed by atoms with Crippen LogP contribution in [0.15, 0.2) is 0 Å². The van der Waals surface area contributed by atoms with Crippen LogP contribution in [0.1, 0.15) is 52.4 Å². The van der Waals surface area contributed by atoms with Crippen molar-refractivity contribution < 1.29 is 5.11 Å². The molecule has 2 aliphatic carbocycles. The van der Waals surface area contributed by atoms with Crippen LogP contribution in [-0.4, -0.2) is 47.8 Å². The number of aliphatic hydroxyl groups is 1. The molecule has 3 nitrogen and oxygen atoms in total. The van der Waals surface area contributed by atoms with Gasteiger partial charge in [0.05, 0.1) is 12.1 Å². The molecular weight excluding hydrogens is 224 g/mol. The number of hydrogen-bond donors (Lipinski definition) is 2. The lowest BCUT2D eigenvalue weighted by atomic mass is 9.92. The van der Waals surface area contributed by atoms with Crippen LogP contribution < -0.4 is 5.32 Å². The minimum absolute atomic E-state index is 0.0201. The van der Waals surface area contributed by atoms with Gasteiger partial charge in [-0.1, -0.05) is 13.8 Å². The fourth-order valence-electron chi connectivity index (χ4n) is 3.05. The molecule has 0 bridgehead atoms. The molecular formula is C15H30N2O. The molecule has 2 fully saturated rings. The third-order valence-corrected chi connectivity index (χ3v) is 4.43. The first-order chi connectivity index (χ1) is 8.75. The Bertz CT molecular complexity index is 251. The topological polar surface area (TPSA) is 35.5 Å². The monoisotopic (exact) mass is 254 g/mol. The minimum Gasteiger partial charge on any atom is -0.394 e. The highest BCUT2D eigenvalue weighted by Crippen LogP contribution is 2.41. The highest BCUT2D eigenvalue weighted by molar-refractivity contribution is 5.04. The van der Waals surface area contributed by atoms with Crippen LogP contribution in [0.4, 0.5) is 0 Å². The maximum Gasteiger partial charge on any atom is 0.0628 e. The van der Waals surface area contributed by atoms with Gasteiger partial charge >= 0.3 is 0 Å². The number of rotatable bonds is 10. The van der Waals surface area contributed by atoms with Crippen molar-refractivity contribution in [3.63, 3.8) is 0 Å². The largest absolute Gasteiger partial charge is 0.394 e. The molecule has 0 spiro atoms. The first-order valence-corrected chi connectivity index (χ1v) is 7.85. The molecule has 106 valence electrons. The summed E-state index contributed by atoms with van der Waals surface area (Å²) >= 11 is 0. The summed E-state index contributed by atoms with van der Waals surface area (Å²) in [6.07, 6.45) is 7.67. The van der Waals surface area contributed by atoms with E-state index < -0.39 is 0 Å². The van der Waals surface area contributed by atoms with Gasteiger partial charge in [-0.2, -0.15) is 0 Å². The Hall–Kier alpha value is -0.120. The number of aliphatic hydroxyl groups excluding tert-OH is 1. The molecule has 0 aromatic carbocycles. The van der Waals surface area contributed by atoms with Gasteiger partial charge in [0.2, 0.25) is 0 Å². The van der Waals surface area contributed by atoms with Gasteiger partial charge in [0, 0.05) is 12.6 Å². The molecule has 18 heavy (non-hydrogen) atoms. The maximum atomic E-state index is 9.94. The number of hydrogen-bond acceptors (Lipinski definition) is 3. The Morgan fingerprint density at radius 2 is 1.89 bits per heavy atom. The third kappa shape index (κ3) is 3.46. The van der Waals surface area contributed by atoms with E-state index in [-0.39, 0.29) is 5.54 Å². The molecule has 0 saturated heterocycles. The summed E-state index contributed by atoms with van der Waals surface area (Å²) in [4.78, 5) is 2.62. The van der Waals surface area contributed by atoms with Crippen LogP contribution in [0, 0.1) is 5.92 Å². The quantitative estimate of drug-likeness (QED) is 0.626. The Morgan fingerprint density at radius 1 is 1.17 bits per heavy atom. The fourth-order valence-corrected chi connectivity index (χ4v) is 3.05. The molecule has 3 heteroatoms. The van der Waals surface area contributed by atoms with E-state index in [1.165, 1.54) is 38.6 Å². The second-order valence-electron chi connectivity index (χ2n) is 6.22. The van der Waals surface area contributed by atoms with Crippen LogP contribution in [0.5, 0.6) is 0 Å². The smallest absolute Gasteiger partial charge is 0.0628 e. The van der Waals surface area contributed by atoms with Crippen LogP contribution in [0.2, 0.25) is 0 Å². The van der Waals surface area contributed by atoms with E-state index in [9.17, 15) is 5.11 Å². The van der Waals surface area contributed by atoms with Crippen molar-refractivity contribution in [1.29, 1.82) is 0 Å². The van der Waals surface area contributed by atoms with Crippen molar-refractivity contribution in [1.82, 2.24) is 10.2 Å². The van der Waals surface area contributed by atoms with Crippen LogP contribution in [0.25, 0.3) is 0 Å². The first kappa shape index (κ1) is 14.3. The molecule has 1 unspecified atom stereocenters. The van der Waals surface area contributed by atoms with Gasteiger partial charge in [-0.05, 0) is 57.5 Å². The molecule has 0 radical (unpaired) electrons. The van der Waals surface area contributed by atoms with Crippen molar-refractivity contribution in [3.8, 4) is 0 Å². The van der Waals surface area contributed by atoms with E-state index in [0.29, 0.717) is 12.5 Å². The molecule has 2 N–H and O–H groups in total. The predicted molar refractivity (Wildman–Crippen MR) is 75.7 cm³/mol. The molecule has 0 aromatic heterocycles. The fraction of sp³-hybridized carbons (Fsp3) is 1.00. The zero-order valence-electron chi connectivity index (χ0n) is 12.1. The first-order valence-electron chi connectivity index (χ1n) is 7.85. The third-order valence-electron chi connectivity index (χ3n) is 4.43. The summed E-state index contributed by atoms with van der Waals surface area (Å²) in [5.41, 5.74) is -0.0201. The molecule has 1 atom stereocenters. The van der Waals surface area contributed by atoms with Crippen molar-refractivity contribution >= 4 is 0 Å². The summed E-state index contributed by atoms with van der Waals surface area (Å²) in [6.45, 7) is 8.02. The summed E-state index contributed by atoms with van der Waals surface area (Å²) < 4.78 is 0. The average molecular weight is 254 g/mol. The highest BCUT2D eigenvalue weighted by Gasteiger charge is 2.46. The van der Waals surface area contributed by atoms with Gasteiger partial charge in [0.15, 0.2) is 0 Å². The second kappa shape index (κ2) is 6.36. The summed E-state index contributed by atoms with van der Waals surface area (Å²) in [7, 11) is 0. The average Bonchev–Trinajstić information content (AvgIpc) is 3.24. The van der Waals surface area contributed by atoms with Gasteiger partial charge in [-0.3, -0.25) is 4.90 Å². The maximum absolute atomic E-state index is 9.94. The number of nitrogens with zero attached hydrogens (tertiary/aromatic N) is 1. The number of nitrogens with one attached hydrogen (secondary N) is 1. The standard InChI is InChI=1S/C15H30N2O/c1-3-9-16-15(12-18,13-5-6-13)11-17(10-4-2)14-7-8-14/h13-14,16,18H,3-12H2,1-2H3. The van der Waals surface area contributed by atoms with Crippen LogP contribution >= 0.6 is 0 Å². The van der Waals surface area contributed by atoms with Crippen molar-refractivity contribution in [2.24, 2.45) is 5.92 Å². The minimum atomic E-state index is -0.0201. The van der Waals surface area contributed by atoms with Crippen LogP contribution in [-0.2, 0) is 0 Å². The molecule has 0 amide bonds. The second-order valence-corrected chi connectivity index (χ2v) is 6.22. The molecule has 2 saturated carbocycles. The molecule has 0 heterocycles. The van der Waals surface area contributed by atoms with E-state index >= 15 is 0 Å². The zero-order valence-corrected chi connectivity index (χ0v) is 12.1. The van der Waals surface area contributed by atoms with E-state index in [4.69, 9.17) is 0 Å². The van der Waals surface area contributed by atoms with Gasteiger partial charge in [0.1, 0.15) is 0 Å². The van der Waals surface area contributed by atoms with Gasteiger partial charge < -0.3 is 10.4 Å². The Morgan fingerprint density at radius 3 is 2.33 bits per heavy atom. The molecule has 2 rings (SSSR count). The molecule has 0 aliphatic heterocycles.